The standard InChI is InChI=1S/C24H14BrF2NO/c25-16-5-1-15(2-6-16)22-12-19(14-3-7-17(26)8-4-14)21-13-29-23-10-9-18(27)11-20(23)24(21)28-22/h1-12H,13H2. The van der Waals surface area contributed by atoms with Crippen LogP contribution in [0.4, 0.5) is 8.78 Å². The molecule has 0 saturated heterocycles. The van der Waals surface area contributed by atoms with Crippen LogP contribution in [0.25, 0.3) is 33.6 Å². The van der Waals surface area contributed by atoms with Crippen molar-refractivity contribution in [1.82, 2.24) is 4.98 Å². The number of benzene rings is 3. The van der Waals surface area contributed by atoms with Gasteiger partial charge in [0.1, 0.15) is 24.0 Å². The van der Waals surface area contributed by atoms with Gasteiger partial charge in [-0.2, -0.15) is 0 Å². The molecule has 0 fully saturated rings. The van der Waals surface area contributed by atoms with Crippen molar-refractivity contribution in [2.75, 3.05) is 0 Å². The number of ether oxygens (including phenoxy) is 1. The lowest BCUT2D eigenvalue weighted by atomic mass is 9.92. The minimum absolute atomic E-state index is 0.298. The quantitative estimate of drug-likeness (QED) is 0.328. The normalized spacial score (nSPS) is 12.1. The number of hydrogen-bond donors (Lipinski definition) is 0. The molecule has 0 radical (unpaired) electrons. The summed E-state index contributed by atoms with van der Waals surface area (Å²) in [6.07, 6.45) is 0. The van der Waals surface area contributed by atoms with Crippen LogP contribution in [0, 0.1) is 11.6 Å². The zero-order valence-corrected chi connectivity index (χ0v) is 16.7. The Bertz CT molecular complexity index is 1220. The molecular weight excluding hydrogens is 436 g/mol. The first-order valence-electron chi connectivity index (χ1n) is 9.07. The smallest absolute Gasteiger partial charge is 0.129 e. The molecule has 0 unspecified atom stereocenters. The second-order valence-electron chi connectivity index (χ2n) is 6.83. The molecule has 5 rings (SSSR count). The zero-order chi connectivity index (χ0) is 20.0. The summed E-state index contributed by atoms with van der Waals surface area (Å²) in [6, 6.07) is 20.6. The second-order valence-corrected chi connectivity index (χ2v) is 7.74. The van der Waals surface area contributed by atoms with Gasteiger partial charge in [0.15, 0.2) is 0 Å². The van der Waals surface area contributed by atoms with Crippen molar-refractivity contribution in [3.05, 3.63) is 94.5 Å². The third kappa shape index (κ3) is 3.32. The van der Waals surface area contributed by atoms with Gasteiger partial charge in [0.2, 0.25) is 0 Å². The van der Waals surface area contributed by atoms with Crippen molar-refractivity contribution in [3.8, 4) is 39.4 Å². The Labute approximate surface area is 174 Å². The molecule has 3 aromatic carbocycles. The Hall–Kier alpha value is -3.05. The summed E-state index contributed by atoms with van der Waals surface area (Å²) in [5.41, 5.74) is 5.60. The second kappa shape index (κ2) is 7.08. The number of pyridine rings is 1. The van der Waals surface area contributed by atoms with Crippen LogP contribution in [0.1, 0.15) is 5.56 Å². The Morgan fingerprint density at radius 1 is 0.759 bits per heavy atom. The summed E-state index contributed by atoms with van der Waals surface area (Å²) in [4.78, 5) is 4.86. The van der Waals surface area contributed by atoms with Crippen LogP contribution < -0.4 is 4.74 Å². The molecule has 5 heteroatoms. The number of hydrogen-bond acceptors (Lipinski definition) is 2. The van der Waals surface area contributed by atoms with Crippen molar-refractivity contribution >= 4 is 15.9 Å². The maximum absolute atomic E-state index is 14.0. The number of aromatic nitrogens is 1. The third-order valence-corrected chi connectivity index (χ3v) is 5.52. The summed E-state index contributed by atoms with van der Waals surface area (Å²) >= 11 is 3.45. The molecule has 0 atom stereocenters. The molecule has 142 valence electrons. The van der Waals surface area contributed by atoms with Gasteiger partial charge >= 0.3 is 0 Å². The van der Waals surface area contributed by atoms with E-state index in [0.717, 1.165) is 32.4 Å². The van der Waals surface area contributed by atoms with Crippen LogP contribution in [0.5, 0.6) is 5.75 Å². The number of nitrogens with zero attached hydrogens (tertiary/aromatic N) is 1. The molecule has 1 aliphatic rings. The molecule has 0 N–H and O–H groups in total. The largest absolute Gasteiger partial charge is 0.488 e. The van der Waals surface area contributed by atoms with E-state index in [2.05, 4.69) is 15.9 Å². The summed E-state index contributed by atoms with van der Waals surface area (Å²) in [7, 11) is 0. The molecule has 1 aromatic heterocycles. The highest BCUT2D eigenvalue weighted by atomic mass is 79.9. The first-order chi connectivity index (χ1) is 14.1. The average Bonchev–Trinajstić information content (AvgIpc) is 2.74. The van der Waals surface area contributed by atoms with Crippen LogP contribution in [0.2, 0.25) is 0 Å². The van der Waals surface area contributed by atoms with Gasteiger partial charge in [-0.05, 0) is 59.7 Å². The van der Waals surface area contributed by atoms with Gasteiger partial charge in [-0.15, -0.1) is 0 Å². The van der Waals surface area contributed by atoms with Crippen LogP contribution >= 0.6 is 15.9 Å². The lowest BCUT2D eigenvalue weighted by Crippen LogP contribution is -2.10. The molecule has 0 bridgehead atoms. The maximum Gasteiger partial charge on any atom is 0.129 e. The summed E-state index contributed by atoms with van der Waals surface area (Å²) in [6.45, 7) is 0.314. The van der Waals surface area contributed by atoms with E-state index in [1.807, 2.05) is 30.3 Å². The first kappa shape index (κ1) is 18.0. The Balaban J connectivity index is 1.79. The number of fused-ring (bicyclic) bond motifs is 3. The molecule has 29 heavy (non-hydrogen) atoms. The summed E-state index contributed by atoms with van der Waals surface area (Å²) in [5, 5.41) is 0. The molecule has 0 spiro atoms. The van der Waals surface area contributed by atoms with E-state index in [9.17, 15) is 8.78 Å². The highest BCUT2D eigenvalue weighted by Crippen LogP contribution is 2.42. The van der Waals surface area contributed by atoms with E-state index in [4.69, 9.17) is 9.72 Å². The van der Waals surface area contributed by atoms with Crippen LogP contribution in [-0.4, -0.2) is 4.98 Å². The number of halogens is 3. The van der Waals surface area contributed by atoms with Gasteiger partial charge in [0, 0.05) is 21.2 Å². The molecule has 0 aliphatic carbocycles. The Kier molecular flexibility index (Phi) is 4.40. The predicted octanol–water partition coefficient (Wildman–Crippen LogP) is 7.02. The van der Waals surface area contributed by atoms with E-state index in [0.29, 0.717) is 23.6 Å². The molecule has 0 saturated carbocycles. The van der Waals surface area contributed by atoms with Crippen molar-refractivity contribution in [3.63, 3.8) is 0 Å². The van der Waals surface area contributed by atoms with Gasteiger partial charge in [0.05, 0.1) is 11.4 Å². The molecule has 0 amide bonds. The fourth-order valence-electron chi connectivity index (χ4n) is 3.56. The van der Waals surface area contributed by atoms with Crippen molar-refractivity contribution < 1.29 is 13.5 Å². The molecular formula is C24H14BrF2NO. The minimum Gasteiger partial charge on any atom is -0.488 e. The van der Waals surface area contributed by atoms with E-state index < -0.39 is 0 Å². The highest BCUT2D eigenvalue weighted by molar-refractivity contribution is 9.10. The molecule has 2 heterocycles. The maximum atomic E-state index is 14.0. The van der Waals surface area contributed by atoms with Crippen LogP contribution in [0.15, 0.2) is 77.3 Å². The fourth-order valence-corrected chi connectivity index (χ4v) is 3.82. The van der Waals surface area contributed by atoms with Gasteiger partial charge in [0.25, 0.3) is 0 Å². The van der Waals surface area contributed by atoms with Crippen molar-refractivity contribution in [1.29, 1.82) is 0 Å². The van der Waals surface area contributed by atoms with E-state index in [-0.39, 0.29) is 11.6 Å². The fraction of sp³-hybridized carbons (Fsp3) is 0.0417. The van der Waals surface area contributed by atoms with E-state index in [1.54, 1.807) is 18.2 Å². The average molecular weight is 450 g/mol. The van der Waals surface area contributed by atoms with Crippen molar-refractivity contribution in [2.24, 2.45) is 0 Å². The monoisotopic (exact) mass is 449 g/mol. The van der Waals surface area contributed by atoms with Gasteiger partial charge in [-0.3, -0.25) is 0 Å². The summed E-state index contributed by atoms with van der Waals surface area (Å²) in [5.74, 6) is -0.0442. The zero-order valence-electron chi connectivity index (χ0n) is 15.1. The van der Waals surface area contributed by atoms with Gasteiger partial charge in [-0.1, -0.05) is 40.2 Å². The van der Waals surface area contributed by atoms with E-state index >= 15 is 0 Å². The number of rotatable bonds is 2. The third-order valence-electron chi connectivity index (χ3n) is 4.99. The van der Waals surface area contributed by atoms with E-state index in [1.165, 1.54) is 24.3 Å². The Morgan fingerprint density at radius 3 is 2.21 bits per heavy atom. The lowest BCUT2D eigenvalue weighted by Gasteiger charge is -2.24. The Morgan fingerprint density at radius 2 is 1.45 bits per heavy atom. The molecule has 1 aliphatic heterocycles. The molecule has 2 nitrogen and oxygen atoms in total. The van der Waals surface area contributed by atoms with Crippen molar-refractivity contribution in [2.45, 2.75) is 6.61 Å². The van der Waals surface area contributed by atoms with Crippen LogP contribution in [0.3, 0.4) is 0 Å². The van der Waals surface area contributed by atoms with Gasteiger partial charge < -0.3 is 4.74 Å². The van der Waals surface area contributed by atoms with Gasteiger partial charge in [-0.25, -0.2) is 13.8 Å². The topological polar surface area (TPSA) is 22.1 Å². The first-order valence-corrected chi connectivity index (χ1v) is 9.86. The lowest BCUT2D eigenvalue weighted by molar-refractivity contribution is 0.301. The minimum atomic E-state index is -0.348. The highest BCUT2D eigenvalue weighted by Gasteiger charge is 2.24. The van der Waals surface area contributed by atoms with Crippen LogP contribution in [-0.2, 0) is 6.61 Å². The molecule has 4 aromatic rings. The summed E-state index contributed by atoms with van der Waals surface area (Å²) < 4.78 is 34.3. The SMILES string of the molecule is Fc1ccc(-c2cc(-c3ccc(Br)cc3)nc3c2COc2ccc(F)cc2-3)cc1. The predicted molar refractivity (Wildman–Crippen MR) is 112 cm³/mol.